The smallest absolute Gasteiger partial charge is 0.356 e. The van der Waals surface area contributed by atoms with Crippen molar-refractivity contribution in [3.05, 3.63) is 234 Å². The highest BCUT2D eigenvalue weighted by Gasteiger charge is 2.61. The molecule has 2 aliphatic rings. The number of hydrogen-bond donors (Lipinski definition) is 2. The summed E-state index contributed by atoms with van der Waals surface area (Å²) in [5.41, 5.74) is -0.336. The van der Waals surface area contributed by atoms with Crippen LogP contribution in [-0.2, 0) is 73.3 Å². The summed E-state index contributed by atoms with van der Waals surface area (Å²) in [6, 6.07) is 45.9. The molecule has 7 aromatic rings. The number of carbonyl (C=O) groups is 4. The van der Waals surface area contributed by atoms with Gasteiger partial charge in [-0.05, 0) is 85.1 Å². The van der Waals surface area contributed by atoms with E-state index in [4.69, 9.17) is 28.8 Å². The van der Waals surface area contributed by atoms with Gasteiger partial charge < -0.3 is 39.0 Å². The number of anilines is 1. The zero-order valence-electron chi connectivity index (χ0n) is 47.3. The first-order valence-corrected chi connectivity index (χ1v) is 30.3. The second kappa shape index (κ2) is 27.5. The normalized spacial score (nSPS) is 16.3. The monoisotopic (exact) mass is 1210 g/mol. The van der Waals surface area contributed by atoms with Crippen molar-refractivity contribution >= 4 is 68.9 Å². The molecule has 1 fully saturated rings. The van der Waals surface area contributed by atoms with E-state index in [0.29, 0.717) is 16.3 Å². The summed E-state index contributed by atoms with van der Waals surface area (Å²) in [5, 5.41) is 17.1. The number of hydrogen-bond acceptors (Lipinski definition) is 18. The highest BCUT2D eigenvalue weighted by molar-refractivity contribution is 8.02. The number of ether oxygens (including phenoxy) is 4. The van der Waals surface area contributed by atoms with Gasteiger partial charge in [0.25, 0.3) is 11.8 Å². The Morgan fingerprint density at radius 1 is 0.812 bits per heavy atom. The topological polar surface area (TPSA) is 247 Å². The van der Waals surface area contributed by atoms with Gasteiger partial charge in [0.05, 0.1) is 6.54 Å². The molecule has 1 saturated heterocycles. The summed E-state index contributed by atoms with van der Waals surface area (Å²) in [5.74, 6) is -3.82. The van der Waals surface area contributed by atoms with E-state index in [-0.39, 0.29) is 47.6 Å². The molecule has 23 heteroatoms. The average molecular weight is 1210 g/mol. The molecule has 0 spiro atoms. The molecule has 0 aliphatic carbocycles. The zero-order valence-corrected chi connectivity index (χ0v) is 49.8. The van der Waals surface area contributed by atoms with Crippen LogP contribution in [-0.4, -0.2) is 107 Å². The van der Waals surface area contributed by atoms with Gasteiger partial charge in [-0.1, -0.05) is 169 Å². The van der Waals surface area contributed by atoms with Crippen molar-refractivity contribution in [3.8, 4) is 0 Å². The second-order valence-corrected chi connectivity index (χ2v) is 23.5. The summed E-state index contributed by atoms with van der Waals surface area (Å²) in [7, 11) is 1.38. The van der Waals surface area contributed by atoms with Gasteiger partial charge >= 0.3 is 23.1 Å². The molecule has 2 amide bonds. The lowest BCUT2D eigenvalue weighted by Crippen LogP contribution is -2.75. The van der Waals surface area contributed by atoms with Crippen molar-refractivity contribution in [2.24, 2.45) is 12.2 Å². The first-order valence-electron chi connectivity index (χ1n) is 27.1. The summed E-state index contributed by atoms with van der Waals surface area (Å²) in [6.45, 7) is 8.25. The fourth-order valence-corrected chi connectivity index (χ4v) is 12.7. The van der Waals surface area contributed by atoms with E-state index in [1.165, 1.54) is 18.5 Å². The molecular formula is C62H62N8O12S3. The Bertz CT molecular complexity index is 3570. The Labute approximate surface area is 501 Å². The number of thioether (sulfide) groups is 1. The molecule has 5 aromatic carbocycles. The molecule has 2 aliphatic heterocycles. The van der Waals surface area contributed by atoms with Gasteiger partial charge in [0.1, 0.15) is 28.3 Å². The van der Waals surface area contributed by atoms with Gasteiger partial charge in [-0.3, -0.25) is 28.6 Å². The predicted octanol–water partition coefficient (Wildman–Crippen LogP) is 7.57. The molecule has 9 rings (SSSR count). The predicted molar refractivity (Wildman–Crippen MR) is 322 cm³/mol. The first kappa shape index (κ1) is 61.1. The number of esters is 2. The van der Waals surface area contributed by atoms with Crippen LogP contribution >= 0.6 is 23.1 Å². The lowest BCUT2D eigenvalue weighted by atomic mass is 9.77. The summed E-state index contributed by atoms with van der Waals surface area (Å²) < 4.78 is 39.6. The van der Waals surface area contributed by atoms with Crippen LogP contribution in [0.15, 0.2) is 200 Å². The molecular weight excluding hydrogens is 1140 g/mol. The number of carbonyl (C=O) groups excluding carboxylic acids is 4. The van der Waals surface area contributed by atoms with E-state index in [2.05, 4.69) is 20.9 Å². The average Bonchev–Trinajstić information content (AvgIpc) is 0.909. The van der Waals surface area contributed by atoms with Crippen LogP contribution in [0.3, 0.4) is 0 Å². The third kappa shape index (κ3) is 14.1. The lowest BCUT2D eigenvalue weighted by molar-refractivity contribution is -0.160. The minimum Gasteiger partial charge on any atom is -0.614 e. The van der Waals surface area contributed by atoms with Crippen molar-refractivity contribution in [2.75, 3.05) is 30.9 Å². The minimum atomic E-state index is -2.00. The number of benzene rings is 5. The van der Waals surface area contributed by atoms with Crippen molar-refractivity contribution in [1.29, 1.82) is 0 Å². The third-order valence-electron chi connectivity index (χ3n) is 13.4. The Morgan fingerprint density at radius 3 is 1.88 bits per heavy atom. The number of nitrogens with one attached hydrogen (secondary N) is 2. The molecule has 440 valence electrons. The fourth-order valence-electron chi connectivity index (χ4n) is 9.61. The molecule has 2 aromatic heterocycles. The maximum Gasteiger partial charge on any atom is 0.356 e. The Morgan fingerprint density at radius 2 is 1.35 bits per heavy atom. The summed E-state index contributed by atoms with van der Waals surface area (Å²) in [4.78, 5) is 95.2. The fraction of sp³-hybridized carbons (Fsp3) is 0.274. The quantitative estimate of drug-likeness (QED) is 0.00681. The minimum absolute atomic E-state index is 0.00146. The van der Waals surface area contributed by atoms with Crippen molar-refractivity contribution < 1.29 is 47.5 Å². The number of allylic oxidation sites excluding steroid dienone is 1. The maximum atomic E-state index is 15.0. The van der Waals surface area contributed by atoms with Gasteiger partial charge in [-0.15, -0.1) is 16.4 Å². The standard InChI is InChI=1S/C62H62N8O12S3/c1-7-78-48(79-8-2)36-69-56(75)55(74)68(6)60(66-69)83-35-34-42-39-85(77)57-50(54(73)70(57)51(42)58(76)81-52(40-24-14-9-15-25-40)41-26-16-10-17-27-41)64-53(72)49(67-80-37-47(71)82-61(3,4)5)46-38-84-59(63-46)65-62(43-28-18-11-19-29-43,44-30-20-12-21-31-44)45-32-22-13-23-33-45/h9-35,38,48,50,52,57H,7-8,36-37,39H2,1-6H3,(H,63,65)(H,64,72). The van der Waals surface area contributed by atoms with E-state index in [0.717, 1.165) is 53.9 Å². The second-order valence-electron chi connectivity index (χ2n) is 20.3. The molecule has 2 N–H and O–H groups in total. The van der Waals surface area contributed by atoms with E-state index < -0.39 is 93.3 Å². The van der Waals surface area contributed by atoms with Crippen LogP contribution in [0.5, 0.6) is 0 Å². The van der Waals surface area contributed by atoms with E-state index >= 15 is 0 Å². The van der Waals surface area contributed by atoms with Gasteiger partial charge in [-0.25, -0.2) is 19.3 Å². The molecule has 0 saturated carbocycles. The molecule has 4 heterocycles. The number of thiazole rings is 1. The Hall–Kier alpha value is -8.45. The Kier molecular flexibility index (Phi) is 19.8. The molecule has 0 radical (unpaired) electrons. The number of β-lactam (4-membered cyclic amide) rings is 1. The Balaban J connectivity index is 1.05. The van der Waals surface area contributed by atoms with Crippen LogP contribution in [0.4, 0.5) is 5.13 Å². The molecule has 3 atom stereocenters. The molecule has 20 nitrogen and oxygen atoms in total. The van der Waals surface area contributed by atoms with E-state index in [1.807, 2.05) is 103 Å². The van der Waals surface area contributed by atoms with Crippen LogP contribution < -0.4 is 21.8 Å². The van der Waals surface area contributed by atoms with E-state index in [9.17, 15) is 33.3 Å². The van der Waals surface area contributed by atoms with Gasteiger partial charge in [-0.2, -0.15) is 0 Å². The van der Waals surface area contributed by atoms with Gasteiger partial charge in [0, 0.05) is 31.2 Å². The summed E-state index contributed by atoms with van der Waals surface area (Å²) >= 11 is 0.0834. The molecule has 85 heavy (non-hydrogen) atoms. The zero-order chi connectivity index (χ0) is 60.3. The third-order valence-corrected chi connectivity index (χ3v) is 16.6. The number of rotatable bonds is 24. The first-order chi connectivity index (χ1) is 41.0. The van der Waals surface area contributed by atoms with Gasteiger partial charge in [0.2, 0.25) is 12.0 Å². The number of aromatic nitrogens is 4. The number of amides is 2. The van der Waals surface area contributed by atoms with Crippen molar-refractivity contribution in [1.82, 2.24) is 29.5 Å². The van der Waals surface area contributed by atoms with Crippen LogP contribution in [0.25, 0.3) is 0 Å². The molecule has 0 bridgehead atoms. The summed E-state index contributed by atoms with van der Waals surface area (Å²) in [6.07, 6.45) is -0.373. The molecule has 3 unspecified atom stereocenters. The maximum absolute atomic E-state index is 15.0. The highest BCUT2D eigenvalue weighted by atomic mass is 32.2. The SMILES string of the molecule is CCOC(Cn1nc(SC=CC2=C(C(=O)OC(c3ccccc3)c3ccccc3)N3C(=O)C(NC(=O)C(=NOCC(=O)OC(C)(C)C)c4csc(NC(c5ccccc5)(c5ccccc5)c5ccccc5)n4)C3[S+]([O-])C2)n(C)c(=O)c1=O)OCC. The van der Waals surface area contributed by atoms with Crippen LogP contribution in [0.1, 0.15) is 74.2 Å². The van der Waals surface area contributed by atoms with Crippen LogP contribution in [0, 0.1) is 0 Å². The lowest BCUT2D eigenvalue weighted by Gasteiger charge is -2.49. The van der Waals surface area contributed by atoms with E-state index in [1.54, 1.807) is 88.5 Å². The van der Waals surface area contributed by atoms with Crippen molar-refractivity contribution in [3.63, 3.8) is 0 Å². The highest BCUT2D eigenvalue weighted by Crippen LogP contribution is 2.42. The number of oxime groups is 1. The van der Waals surface area contributed by atoms with Gasteiger partial charge in [0.15, 0.2) is 34.4 Å². The largest absolute Gasteiger partial charge is 0.614 e. The van der Waals surface area contributed by atoms with Crippen molar-refractivity contribution in [2.45, 2.75) is 81.3 Å². The number of fused-ring (bicyclic) bond motifs is 1. The number of nitrogens with zero attached hydrogens (tertiary/aromatic N) is 6. The van der Waals surface area contributed by atoms with Crippen LogP contribution in [0.2, 0.25) is 0 Å².